The van der Waals surface area contributed by atoms with Gasteiger partial charge in [0.25, 0.3) is 0 Å². The van der Waals surface area contributed by atoms with Crippen molar-refractivity contribution < 1.29 is 28.9 Å². The fourth-order valence-corrected chi connectivity index (χ4v) is 3.42. The lowest BCUT2D eigenvalue weighted by Gasteiger charge is -2.27. The predicted octanol–water partition coefficient (Wildman–Crippen LogP) is 2.78. The molecule has 1 aromatic rings. The van der Waals surface area contributed by atoms with Gasteiger partial charge in [-0.2, -0.15) is 0 Å². The Morgan fingerprint density at radius 2 is 1.65 bits per heavy atom. The number of hydrogen-bond acceptors (Lipinski definition) is 5. The molecule has 1 aromatic carbocycles. The van der Waals surface area contributed by atoms with Gasteiger partial charge in [0.05, 0.1) is 33.3 Å². The zero-order valence-corrected chi connectivity index (χ0v) is 15.7. The second kappa shape index (κ2) is 8.78. The van der Waals surface area contributed by atoms with Crippen molar-refractivity contribution in [2.45, 2.75) is 38.6 Å². The van der Waals surface area contributed by atoms with Gasteiger partial charge in [0.1, 0.15) is 0 Å². The lowest BCUT2D eigenvalue weighted by atomic mass is 9.81. The molecule has 1 saturated carbocycles. The van der Waals surface area contributed by atoms with E-state index in [0.717, 1.165) is 18.4 Å². The second-order valence-electron chi connectivity index (χ2n) is 6.59. The van der Waals surface area contributed by atoms with E-state index in [2.05, 4.69) is 5.32 Å². The maximum absolute atomic E-state index is 12.6. The van der Waals surface area contributed by atoms with E-state index in [-0.39, 0.29) is 17.9 Å². The van der Waals surface area contributed by atoms with Gasteiger partial charge in [-0.3, -0.25) is 9.59 Å². The molecule has 2 rings (SSSR count). The Hall–Kier alpha value is -2.44. The van der Waals surface area contributed by atoms with Crippen LogP contribution in [0, 0.1) is 11.8 Å². The van der Waals surface area contributed by atoms with Crippen molar-refractivity contribution in [2.75, 3.05) is 21.3 Å². The number of hydrogen-bond donors (Lipinski definition) is 2. The van der Waals surface area contributed by atoms with E-state index >= 15 is 0 Å². The highest BCUT2D eigenvalue weighted by atomic mass is 16.5. The van der Waals surface area contributed by atoms with Crippen LogP contribution in [0.25, 0.3) is 0 Å². The quantitative estimate of drug-likeness (QED) is 0.772. The van der Waals surface area contributed by atoms with E-state index in [1.54, 1.807) is 26.4 Å². The molecule has 0 saturated heterocycles. The van der Waals surface area contributed by atoms with Crippen LogP contribution in [0.15, 0.2) is 12.1 Å². The van der Waals surface area contributed by atoms with Crippen molar-refractivity contribution in [3.05, 3.63) is 17.7 Å². The van der Waals surface area contributed by atoms with Crippen molar-refractivity contribution in [1.29, 1.82) is 0 Å². The van der Waals surface area contributed by atoms with E-state index in [1.807, 2.05) is 6.92 Å². The van der Waals surface area contributed by atoms with Gasteiger partial charge in [0, 0.05) is 5.92 Å². The van der Waals surface area contributed by atoms with E-state index in [4.69, 9.17) is 14.2 Å². The minimum absolute atomic E-state index is 0.114. The average Bonchev–Trinajstić information content (AvgIpc) is 2.66. The van der Waals surface area contributed by atoms with Gasteiger partial charge in [0.2, 0.25) is 11.7 Å². The topological polar surface area (TPSA) is 94.1 Å². The first-order valence-corrected chi connectivity index (χ1v) is 8.74. The third-order valence-electron chi connectivity index (χ3n) is 4.94. The van der Waals surface area contributed by atoms with E-state index < -0.39 is 11.9 Å². The molecule has 3 unspecified atom stereocenters. The van der Waals surface area contributed by atoms with E-state index in [1.165, 1.54) is 7.11 Å². The second-order valence-corrected chi connectivity index (χ2v) is 6.59. The van der Waals surface area contributed by atoms with Gasteiger partial charge in [-0.1, -0.05) is 6.42 Å². The Morgan fingerprint density at radius 3 is 2.15 bits per heavy atom. The molecule has 0 aromatic heterocycles. The van der Waals surface area contributed by atoms with E-state index in [0.29, 0.717) is 30.1 Å². The molecule has 26 heavy (non-hydrogen) atoms. The summed E-state index contributed by atoms with van der Waals surface area (Å²) in [6, 6.07) is 3.32. The van der Waals surface area contributed by atoms with Crippen LogP contribution in [0.2, 0.25) is 0 Å². The lowest BCUT2D eigenvalue weighted by molar-refractivity contribution is -0.144. The van der Waals surface area contributed by atoms with Crippen molar-refractivity contribution >= 4 is 11.9 Å². The normalized spacial score (nSPS) is 20.8. The van der Waals surface area contributed by atoms with Gasteiger partial charge in [-0.25, -0.2) is 0 Å². The number of carbonyl (C=O) groups is 2. The molecule has 0 heterocycles. The highest BCUT2D eigenvalue weighted by Gasteiger charge is 2.31. The van der Waals surface area contributed by atoms with E-state index in [9.17, 15) is 14.7 Å². The van der Waals surface area contributed by atoms with Crippen LogP contribution in [0.5, 0.6) is 17.2 Å². The van der Waals surface area contributed by atoms with Gasteiger partial charge < -0.3 is 24.6 Å². The summed E-state index contributed by atoms with van der Waals surface area (Å²) in [5, 5.41) is 12.2. The third kappa shape index (κ3) is 4.39. The van der Waals surface area contributed by atoms with Crippen molar-refractivity contribution in [3.8, 4) is 17.2 Å². The maximum atomic E-state index is 12.6. The summed E-state index contributed by atoms with van der Waals surface area (Å²) in [4.78, 5) is 23.8. The molecule has 0 bridgehead atoms. The zero-order valence-electron chi connectivity index (χ0n) is 15.7. The van der Waals surface area contributed by atoms with Crippen molar-refractivity contribution in [2.24, 2.45) is 11.8 Å². The Balaban J connectivity index is 2.12. The molecule has 144 valence electrons. The molecule has 0 spiro atoms. The lowest BCUT2D eigenvalue weighted by Crippen LogP contribution is -2.36. The summed E-state index contributed by atoms with van der Waals surface area (Å²) in [6.45, 7) is 1.87. The number of carbonyl (C=O) groups excluding carboxylic acids is 1. The van der Waals surface area contributed by atoms with Crippen LogP contribution < -0.4 is 19.5 Å². The van der Waals surface area contributed by atoms with Gasteiger partial charge >= 0.3 is 5.97 Å². The molecule has 1 aliphatic rings. The predicted molar refractivity (Wildman–Crippen MR) is 95.7 cm³/mol. The zero-order chi connectivity index (χ0) is 19.3. The Labute approximate surface area is 153 Å². The average molecular weight is 365 g/mol. The molecule has 0 radical (unpaired) electrons. The van der Waals surface area contributed by atoms with Crippen molar-refractivity contribution in [3.63, 3.8) is 0 Å². The monoisotopic (exact) mass is 365 g/mol. The van der Waals surface area contributed by atoms with Gasteiger partial charge in [-0.15, -0.1) is 0 Å². The molecule has 1 aliphatic carbocycles. The molecular weight excluding hydrogens is 338 g/mol. The number of benzene rings is 1. The number of aliphatic carboxylic acids is 1. The van der Waals surface area contributed by atoms with Crippen LogP contribution in [0.1, 0.15) is 44.2 Å². The number of nitrogens with one attached hydrogen (secondary N) is 1. The SMILES string of the molecule is COc1cc(C(C)NC(=O)C2CCCC(C(=O)O)C2)cc(OC)c1OC. The van der Waals surface area contributed by atoms with Crippen molar-refractivity contribution in [1.82, 2.24) is 5.32 Å². The fraction of sp³-hybridized carbons (Fsp3) is 0.579. The minimum Gasteiger partial charge on any atom is -0.493 e. The number of carboxylic acids is 1. The minimum atomic E-state index is -0.819. The number of methoxy groups -OCH3 is 3. The van der Waals surface area contributed by atoms with Crippen LogP contribution in [-0.4, -0.2) is 38.3 Å². The molecule has 3 atom stereocenters. The summed E-state index contributed by atoms with van der Waals surface area (Å²) in [5.41, 5.74) is 0.818. The number of carboxylic acid groups (broad SMARTS) is 1. The molecule has 1 amide bonds. The Bertz CT molecular complexity index is 634. The van der Waals surface area contributed by atoms with Crippen LogP contribution in [-0.2, 0) is 9.59 Å². The largest absolute Gasteiger partial charge is 0.493 e. The van der Waals surface area contributed by atoms with Crippen LogP contribution >= 0.6 is 0 Å². The molecular formula is C19H27NO6. The summed E-state index contributed by atoms with van der Waals surface area (Å²) < 4.78 is 16.0. The summed E-state index contributed by atoms with van der Waals surface area (Å²) >= 11 is 0. The first kappa shape index (κ1) is 19.9. The molecule has 1 fully saturated rings. The number of rotatable bonds is 7. The molecule has 7 nitrogen and oxygen atoms in total. The van der Waals surface area contributed by atoms with Gasteiger partial charge in [-0.05, 0) is 43.9 Å². The van der Waals surface area contributed by atoms with Crippen LogP contribution in [0.3, 0.4) is 0 Å². The third-order valence-corrected chi connectivity index (χ3v) is 4.94. The fourth-order valence-electron chi connectivity index (χ4n) is 3.42. The first-order valence-electron chi connectivity index (χ1n) is 8.74. The number of amides is 1. The Kier molecular flexibility index (Phi) is 6.71. The maximum Gasteiger partial charge on any atom is 0.306 e. The van der Waals surface area contributed by atoms with Crippen LogP contribution in [0.4, 0.5) is 0 Å². The highest BCUT2D eigenvalue weighted by molar-refractivity contribution is 5.80. The summed E-state index contributed by atoms with van der Waals surface area (Å²) in [6.07, 6.45) is 2.51. The van der Waals surface area contributed by atoms with Gasteiger partial charge in [0.15, 0.2) is 11.5 Å². The standard InChI is InChI=1S/C19H27NO6/c1-11(14-9-15(24-2)17(26-4)16(10-14)25-3)20-18(21)12-6-5-7-13(8-12)19(22)23/h9-13H,5-8H2,1-4H3,(H,20,21)(H,22,23). The molecule has 2 N–H and O–H groups in total. The highest BCUT2D eigenvalue weighted by Crippen LogP contribution is 2.39. The Morgan fingerprint density at radius 1 is 1.08 bits per heavy atom. The summed E-state index contributed by atoms with van der Waals surface area (Å²) in [5.74, 6) is -0.102. The summed E-state index contributed by atoms with van der Waals surface area (Å²) in [7, 11) is 4.62. The molecule has 7 heteroatoms. The first-order chi connectivity index (χ1) is 12.4. The molecule has 0 aliphatic heterocycles. The smallest absolute Gasteiger partial charge is 0.306 e. The number of ether oxygens (including phenoxy) is 3.